The van der Waals surface area contributed by atoms with Gasteiger partial charge in [0, 0.05) is 0 Å². The summed E-state index contributed by atoms with van der Waals surface area (Å²) < 4.78 is 5.79. The van der Waals surface area contributed by atoms with Crippen LogP contribution in [0.2, 0.25) is 0 Å². The molecule has 70 valence electrons. The van der Waals surface area contributed by atoms with Crippen molar-refractivity contribution in [3.8, 4) is 5.75 Å². The molecular formula is C11H15NO. The zero-order chi connectivity index (χ0) is 9.26. The molecule has 0 fully saturated rings. The Kier molecular flexibility index (Phi) is 2.13. The fraction of sp³-hybridized carbons (Fsp3) is 0.455. The number of hydrogen-bond donors (Lipinski definition) is 1. The van der Waals surface area contributed by atoms with Crippen LogP contribution in [0.5, 0.6) is 5.75 Å². The van der Waals surface area contributed by atoms with E-state index in [0.717, 1.165) is 24.4 Å². The average Bonchev–Trinajstić information content (AvgIpc) is 2.17. The minimum absolute atomic E-state index is 0.278. The van der Waals surface area contributed by atoms with Crippen LogP contribution in [0.1, 0.15) is 19.4 Å². The largest absolute Gasteiger partial charge is 0.486 e. The van der Waals surface area contributed by atoms with E-state index in [1.54, 1.807) is 0 Å². The van der Waals surface area contributed by atoms with E-state index >= 15 is 0 Å². The molecule has 0 saturated heterocycles. The summed E-state index contributed by atoms with van der Waals surface area (Å²) in [7, 11) is 0. The molecule has 1 heterocycles. The van der Waals surface area contributed by atoms with E-state index in [1.165, 1.54) is 5.56 Å². The number of benzene rings is 1. The number of anilines is 1. The molecule has 0 amide bonds. The van der Waals surface area contributed by atoms with Gasteiger partial charge in [0.2, 0.25) is 0 Å². The van der Waals surface area contributed by atoms with E-state index in [-0.39, 0.29) is 6.10 Å². The molecule has 2 rings (SSSR count). The highest BCUT2D eigenvalue weighted by Gasteiger charge is 2.17. The van der Waals surface area contributed by atoms with E-state index in [9.17, 15) is 0 Å². The molecule has 1 aliphatic rings. The van der Waals surface area contributed by atoms with Crippen LogP contribution in [0, 0.1) is 0 Å². The first-order chi connectivity index (χ1) is 6.31. The van der Waals surface area contributed by atoms with Crippen molar-refractivity contribution in [2.45, 2.75) is 26.4 Å². The van der Waals surface area contributed by atoms with Crippen LogP contribution in [0.4, 0.5) is 5.69 Å². The van der Waals surface area contributed by atoms with Gasteiger partial charge in [-0.05, 0) is 25.0 Å². The molecule has 2 heteroatoms. The molecule has 2 nitrogen and oxygen atoms in total. The van der Waals surface area contributed by atoms with Crippen LogP contribution < -0.4 is 10.1 Å². The summed E-state index contributed by atoms with van der Waals surface area (Å²) in [5.74, 6) is 1.05. The molecule has 0 saturated carbocycles. The molecular weight excluding hydrogens is 162 g/mol. The lowest BCUT2D eigenvalue weighted by Gasteiger charge is -2.26. The van der Waals surface area contributed by atoms with Crippen molar-refractivity contribution in [2.75, 3.05) is 11.9 Å². The minimum Gasteiger partial charge on any atom is -0.486 e. The molecule has 0 aliphatic carbocycles. The molecule has 1 aliphatic heterocycles. The van der Waals surface area contributed by atoms with Gasteiger partial charge in [0.25, 0.3) is 0 Å². The van der Waals surface area contributed by atoms with Gasteiger partial charge in [0.05, 0.1) is 12.2 Å². The Balaban J connectivity index is 2.41. The van der Waals surface area contributed by atoms with Crippen LogP contribution in [0.25, 0.3) is 0 Å². The third-order valence-corrected chi connectivity index (χ3v) is 2.38. The Bertz CT molecular complexity index is 295. The second kappa shape index (κ2) is 3.29. The highest BCUT2D eigenvalue weighted by molar-refractivity contribution is 5.61. The van der Waals surface area contributed by atoms with Gasteiger partial charge in [-0.3, -0.25) is 0 Å². The number of ether oxygens (including phenoxy) is 1. The SMILES string of the molecule is CCc1cccc2c1OC(C)CN2. The molecule has 13 heavy (non-hydrogen) atoms. The Morgan fingerprint density at radius 2 is 2.38 bits per heavy atom. The second-order valence-electron chi connectivity index (χ2n) is 3.46. The number of hydrogen-bond acceptors (Lipinski definition) is 2. The zero-order valence-corrected chi connectivity index (χ0v) is 8.13. The third-order valence-electron chi connectivity index (χ3n) is 2.38. The topological polar surface area (TPSA) is 21.3 Å². The second-order valence-corrected chi connectivity index (χ2v) is 3.46. The van der Waals surface area contributed by atoms with Crippen molar-refractivity contribution in [1.82, 2.24) is 0 Å². The molecule has 0 spiro atoms. The van der Waals surface area contributed by atoms with E-state index < -0.39 is 0 Å². The highest BCUT2D eigenvalue weighted by atomic mass is 16.5. The maximum absolute atomic E-state index is 5.79. The van der Waals surface area contributed by atoms with Gasteiger partial charge >= 0.3 is 0 Å². The van der Waals surface area contributed by atoms with E-state index in [2.05, 4.69) is 37.4 Å². The zero-order valence-electron chi connectivity index (χ0n) is 8.13. The lowest BCUT2D eigenvalue weighted by atomic mass is 10.1. The van der Waals surface area contributed by atoms with E-state index in [0.29, 0.717) is 0 Å². The van der Waals surface area contributed by atoms with E-state index in [4.69, 9.17) is 4.74 Å². The van der Waals surface area contributed by atoms with Gasteiger partial charge < -0.3 is 10.1 Å². The van der Waals surface area contributed by atoms with Gasteiger partial charge in [-0.25, -0.2) is 0 Å². The first kappa shape index (κ1) is 8.42. The summed E-state index contributed by atoms with van der Waals surface area (Å²) in [4.78, 5) is 0. The van der Waals surface area contributed by atoms with Crippen LogP contribution in [-0.4, -0.2) is 12.6 Å². The predicted octanol–water partition coefficient (Wildman–Crippen LogP) is 2.44. The molecule has 1 aromatic rings. The van der Waals surface area contributed by atoms with Crippen molar-refractivity contribution in [3.63, 3.8) is 0 Å². The monoisotopic (exact) mass is 177 g/mol. The quantitative estimate of drug-likeness (QED) is 0.711. The molecule has 1 atom stereocenters. The predicted molar refractivity (Wildman–Crippen MR) is 54.4 cm³/mol. The van der Waals surface area contributed by atoms with Crippen LogP contribution in [0.3, 0.4) is 0 Å². The standard InChI is InChI=1S/C11H15NO/c1-3-9-5-4-6-10-11(9)13-8(2)7-12-10/h4-6,8,12H,3,7H2,1-2H3. The van der Waals surface area contributed by atoms with Gasteiger partial charge in [-0.1, -0.05) is 19.1 Å². The van der Waals surface area contributed by atoms with Crippen molar-refractivity contribution in [3.05, 3.63) is 23.8 Å². The number of fused-ring (bicyclic) bond motifs is 1. The maximum atomic E-state index is 5.79. The van der Waals surface area contributed by atoms with Gasteiger partial charge in [0.15, 0.2) is 0 Å². The van der Waals surface area contributed by atoms with Crippen LogP contribution in [-0.2, 0) is 6.42 Å². The van der Waals surface area contributed by atoms with Crippen molar-refractivity contribution < 1.29 is 4.74 Å². The average molecular weight is 177 g/mol. The molecule has 0 radical (unpaired) electrons. The molecule has 0 bridgehead atoms. The Morgan fingerprint density at radius 1 is 1.54 bits per heavy atom. The molecule has 1 unspecified atom stereocenters. The van der Waals surface area contributed by atoms with E-state index in [1.807, 2.05) is 0 Å². The van der Waals surface area contributed by atoms with Gasteiger partial charge in [0.1, 0.15) is 11.9 Å². The van der Waals surface area contributed by atoms with Gasteiger partial charge in [-0.15, -0.1) is 0 Å². The van der Waals surface area contributed by atoms with Crippen molar-refractivity contribution in [1.29, 1.82) is 0 Å². The smallest absolute Gasteiger partial charge is 0.146 e. The summed E-state index contributed by atoms with van der Waals surface area (Å²) in [6.07, 6.45) is 1.30. The number of nitrogens with one attached hydrogen (secondary N) is 1. The third kappa shape index (κ3) is 1.48. The lowest BCUT2D eigenvalue weighted by molar-refractivity contribution is 0.224. The van der Waals surface area contributed by atoms with Crippen molar-refractivity contribution >= 4 is 5.69 Å². The molecule has 1 aromatic carbocycles. The maximum Gasteiger partial charge on any atom is 0.146 e. The summed E-state index contributed by atoms with van der Waals surface area (Å²) >= 11 is 0. The number of para-hydroxylation sites is 1. The number of rotatable bonds is 1. The van der Waals surface area contributed by atoms with Crippen LogP contribution >= 0.6 is 0 Å². The fourth-order valence-corrected chi connectivity index (χ4v) is 1.64. The molecule has 1 N–H and O–H groups in total. The Hall–Kier alpha value is -1.18. The Morgan fingerprint density at radius 3 is 3.15 bits per heavy atom. The normalized spacial score (nSPS) is 20.0. The van der Waals surface area contributed by atoms with Gasteiger partial charge in [-0.2, -0.15) is 0 Å². The lowest BCUT2D eigenvalue weighted by Crippen LogP contribution is -2.28. The fourth-order valence-electron chi connectivity index (χ4n) is 1.64. The summed E-state index contributed by atoms with van der Waals surface area (Å²) in [6.45, 7) is 5.14. The summed E-state index contributed by atoms with van der Waals surface area (Å²) in [5, 5.41) is 3.36. The highest BCUT2D eigenvalue weighted by Crippen LogP contribution is 2.32. The van der Waals surface area contributed by atoms with Crippen LogP contribution in [0.15, 0.2) is 18.2 Å². The first-order valence-electron chi connectivity index (χ1n) is 4.83. The van der Waals surface area contributed by atoms with Crippen molar-refractivity contribution in [2.24, 2.45) is 0 Å². The Labute approximate surface area is 78.9 Å². The first-order valence-corrected chi connectivity index (χ1v) is 4.83. The molecule has 0 aromatic heterocycles. The minimum atomic E-state index is 0.278. The summed E-state index contributed by atoms with van der Waals surface area (Å²) in [6, 6.07) is 6.27. The number of aryl methyl sites for hydroxylation is 1. The summed E-state index contributed by atoms with van der Waals surface area (Å²) in [5.41, 5.74) is 2.43.